The molecule has 0 radical (unpaired) electrons. The van der Waals surface area contributed by atoms with E-state index in [0.29, 0.717) is 24.3 Å². The van der Waals surface area contributed by atoms with E-state index < -0.39 is 5.54 Å². The van der Waals surface area contributed by atoms with Crippen molar-refractivity contribution >= 4 is 12.0 Å². The highest BCUT2D eigenvalue weighted by molar-refractivity contribution is 5.83. The van der Waals surface area contributed by atoms with Gasteiger partial charge in [0.1, 0.15) is 11.4 Å². The van der Waals surface area contributed by atoms with Crippen LogP contribution in [-0.2, 0) is 10.3 Å². The van der Waals surface area contributed by atoms with Crippen molar-refractivity contribution in [3.8, 4) is 11.3 Å². The molecule has 1 aliphatic heterocycles. The van der Waals surface area contributed by atoms with Crippen LogP contribution in [0.3, 0.4) is 0 Å². The SMILES string of the molecule is CC(C)(C(=O)N1CCN(C/C=C/c2ccccc2)CC1)n1nc(-c2ccc(F)cc2)ccc1=O. The molecule has 0 saturated carbocycles. The fraction of sp³-hybridized carbons (Fsp3) is 0.296. The maximum Gasteiger partial charge on any atom is 0.267 e. The first-order valence-corrected chi connectivity index (χ1v) is 11.4. The molecule has 0 spiro atoms. The van der Waals surface area contributed by atoms with Crippen LogP contribution in [0, 0.1) is 5.82 Å². The van der Waals surface area contributed by atoms with Crippen molar-refractivity contribution < 1.29 is 9.18 Å². The molecule has 3 aromatic rings. The number of aromatic nitrogens is 2. The molecule has 2 heterocycles. The van der Waals surface area contributed by atoms with Gasteiger partial charge in [0.05, 0.1) is 5.69 Å². The van der Waals surface area contributed by atoms with E-state index in [1.54, 1.807) is 36.9 Å². The summed E-state index contributed by atoms with van der Waals surface area (Å²) in [4.78, 5) is 30.1. The Hall–Kier alpha value is -3.58. The second-order valence-corrected chi connectivity index (χ2v) is 8.94. The maximum absolute atomic E-state index is 13.4. The first-order valence-electron chi connectivity index (χ1n) is 11.4. The lowest BCUT2D eigenvalue weighted by atomic mass is 10.0. The number of carbonyl (C=O) groups is 1. The lowest BCUT2D eigenvalue weighted by Crippen LogP contribution is -2.56. The smallest absolute Gasteiger partial charge is 0.267 e. The zero-order valence-electron chi connectivity index (χ0n) is 19.5. The van der Waals surface area contributed by atoms with Crippen LogP contribution in [0.5, 0.6) is 0 Å². The molecule has 0 atom stereocenters. The van der Waals surface area contributed by atoms with E-state index >= 15 is 0 Å². The zero-order valence-corrected chi connectivity index (χ0v) is 19.5. The molecular formula is C27H29FN4O2. The standard InChI is InChI=1S/C27H29FN4O2/c1-27(2,32-25(33)15-14-24(29-32)22-10-12-23(28)13-11-22)26(34)31-19-17-30(18-20-31)16-6-9-21-7-4-3-5-8-21/h3-15H,16-20H2,1-2H3/b9-6+. The molecule has 1 fully saturated rings. The highest BCUT2D eigenvalue weighted by Gasteiger charge is 2.37. The summed E-state index contributed by atoms with van der Waals surface area (Å²) in [5.74, 6) is -0.486. The van der Waals surface area contributed by atoms with E-state index in [1.165, 1.54) is 28.4 Å². The fourth-order valence-corrected chi connectivity index (χ4v) is 4.10. The van der Waals surface area contributed by atoms with Gasteiger partial charge in [0, 0.05) is 44.4 Å². The lowest BCUT2D eigenvalue weighted by molar-refractivity contribution is -0.141. The third-order valence-electron chi connectivity index (χ3n) is 6.13. The van der Waals surface area contributed by atoms with Crippen molar-refractivity contribution in [2.24, 2.45) is 0 Å². The van der Waals surface area contributed by atoms with Crippen LogP contribution in [0.25, 0.3) is 17.3 Å². The van der Waals surface area contributed by atoms with Gasteiger partial charge in [-0.25, -0.2) is 9.07 Å². The topological polar surface area (TPSA) is 58.4 Å². The summed E-state index contributed by atoms with van der Waals surface area (Å²) in [5, 5.41) is 4.46. The number of benzene rings is 2. The number of hydrogen-bond acceptors (Lipinski definition) is 4. The Labute approximate surface area is 198 Å². The van der Waals surface area contributed by atoms with E-state index in [2.05, 4.69) is 34.3 Å². The zero-order chi connectivity index (χ0) is 24.1. The predicted octanol–water partition coefficient (Wildman–Crippen LogP) is 3.64. The van der Waals surface area contributed by atoms with Gasteiger partial charge < -0.3 is 4.90 Å². The molecule has 2 aromatic carbocycles. The third kappa shape index (κ3) is 5.31. The fourth-order valence-electron chi connectivity index (χ4n) is 4.10. The van der Waals surface area contributed by atoms with E-state index in [4.69, 9.17) is 0 Å². The van der Waals surface area contributed by atoms with Crippen molar-refractivity contribution in [1.82, 2.24) is 19.6 Å². The molecule has 1 aromatic heterocycles. The lowest BCUT2D eigenvalue weighted by Gasteiger charge is -2.38. The third-order valence-corrected chi connectivity index (χ3v) is 6.13. The molecule has 0 aliphatic carbocycles. The summed E-state index contributed by atoms with van der Waals surface area (Å²) < 4.78 is 14.5. The average molecular weight is 461 g/mol. The Kier molecular flexibility index (Phi) is 7.03. The maximum atomic E-state index is 13.4. The highest BCUT2D eigenvalue weighted by atomic mass is 19.1. The van der Waals surface area contributed by atoms with Gasteiger partial charge in [0.15, 0.2) is 0 Å². The number of amides is 1. The Morgan fingerprint density at radius 3 is 2.32 bits per heavy atom. The average Bonchev–Trinajstić information content (AvgIpc) is 2.85. The molecule has 4 rings (SSSR count). The summed E-state index contributed by atoms with van der Waals surface area (Å²) in [6.45, 7) is 6.96. The first-order chi connectivity index (χ1) is 16.3. The van der Waals surface area contributed by atoms with E-state index in [1.807, 2.05) is 18.2 Å². The van der Waals surface area contributed by atoms with Crippen LogP contribution < -0.4 is 5.56 Å². The van der Waals surface area contributed by atoms with Crippen molar-refractivity contribution in [2.75, 3.05) is 32.7 Å². The number of rotatable bonds is 6. The van der Waals surface area contributed by atoms with E-state index in [9.17, 15) is 14.0 Å². The van der Waals surface area contributed by atoms with Crippen LogP contribution in [-0.4, -0.2) is 58.2 Å². The Morgan fingerprint density at radius 1 is 0.971 bits per heavy atom. The Bertz CT molecular complexity index is 1210. The minimum atomic E-state index is -1.15. The van der Waals surface area contributed by atoms with Gasteiger partial charge in [-0.15, -0.1) is 0 Å². The molecule has 34 heavy (non-hydrogen) atoms. The number of carbonyl (C=O) groups excluding carboxylic acids is 1. The van der Waals surface area contributed by atoms with Crippen molar-refractivity contribution in [1.29, 1.82) is 0 Å². The van der Waals surface area contributed by atoms with Gasteiger partial charge in [-0.1, -0.05) is 42.5 Å². The van der Waals surface area contributed by atoms with Gasteiger partial charge in [-0.2, -0.15) is 5.10 Å². The predicted molar refractivity (Wildman–Crippen MR) is 132 cm³/mol. The molecule has 7 heteroatoms. The largest absolute Gasteiger partial charge is 0.338 e. The van der Waals surface area contributed by atoms with Crippen LogP contribution >= 0.6 is 0 Å². The normalized spacial score (nSPS) is 15.1. The second-order valence-electron chi connectivity index (χ2n) is 8.94. The van der Waals surface area contributed by atoms with Gasteiger partial charge in [-0.3, -0.25) is 14.5 Å². The summed E-state index contributed by atoms with van der Waals surface area (Å²) >= 11 is 0. The number of nitrogens with zero attached hydrogens (tertiary/aromatic N) is 4. The monoisotopic (exact) mass is 460 g/mol. The Morgan fingerprint density at radius 2 is 1.65 bits per heavy atom. The Balaban J connectivity index is 1.42. The number of piperazine rings is 1. The molecule has 0 unspecified atom stereocenters. The minimum absolute atomic E-state index is 0.141. The number of hydrogen-bond donors (Lipinski definition) is 0. The van der Waals surface area contributed by atoms with Gasteiger partial charge in [0.25, 0.3) is 5.56 Å². The molecule has 1 amide bonds. The van der Waals surface area contributed by atoms with E-state index in [0.717, 1.165) is 19.6 Å². The number of halogens is 1. The van der Waals surface area contributed by atoms with Crippen molar-refractivity contribution in [2.45, 2.75) is 19.4 Å². The molecule has 1 aliphatic rings. The summed E-state index contributed by atoms with van der Waals surface area (Å²) in [5.41, 5.74) is 0.849. The van der Waals surface area contributed by atoms with Crippen LogP contribution in [0.1, 0.15) is 19.4 Å². The quantitative estimate of drug-likeness (QED) is 0.564. The van der Waals surface area contributed by atoms with E-state index in [-0.39, 0.29) is 17.3 Å². The van der Waals surface area contributed by atoms with Crippen LogP contribution in [0.4, 0.5) is 4.39 Å². The van der Waals surface area contributed by atoms with Crippen LogP contribution in [0.2, 0.25) is 0 Å². The molecule has 6 nitrogen and oxygen atoms in total. The van der Waals surface area contributed by atoms with Crippen molar-refractivity contribution in [3.63, 3.8) is 0 Å². The molecule has 0 N–H and O–H groups in total. The van der Waals surface area contributed by atoms with Gasteiger partial charge >= 0.3 is 0 Å². The highest BCUT2D eigenvalue weighted by Crippen LogP contribution is 2.21. The van der Waals surface area contributed by atoms with Gasteiger partial charge in [0.2, 0.25) is 5.91 Å². The molecule has 176 valence electrons. The summed E-state index contributed by atoms with van der Waals surface area (Å²) in [6.07, 6.45) is 4.24. The van der Waals surface area contributed by atoms with Gasteiger partial charge in [-0.05, 0) is 49.7 Å². The summed E-state index contributed by atoms with van der Waals surface area (Å²) in [7, 11) is 0. The van der Waals surface area contributed by atoms with Crippen molar-refractivity contribution in [3.05, 3.63) is 94.5 Å². The molecular weight excluding hydrogens is 431 g/mol. The first kappa shape index (κ1) is 23.6. The van der Waals surface area contributed by atoms with Crippen LogP contribution in [0.15, 0.2) is 77.6 Å². The molecule has 0 bridgehead atoms. The second kappa shape index (κ2) is 10.1. The summed E-state index contributed by atoms with van der Waals surface area (Å²) in [6, 6.07) is 19.0. The molecule has 1 saturated heterocycles. The minimum Gasteiger partial charge on any atom is -0.338 e.